The summed E-state index contributed by atoms with van der Waals surface area (Å²) in [6.07, 6.45) is 2.66. The number of aliphatic imine (C=N–C) groups is 1. The highest BCUT2D eigenvalue weighted by molar-refractivity contribution is 9.09. The maximum Gasteiger partial charge on any atom is 0.228 e. The molecule has 118 valence electrons. The van der Waals surface area contributed by atoms with Crippen LogP contribution in [0.4, 0.5) is 0 Å². The van der Waals surface area contributed by atoms with Crippen molar-refractivity contribution in [3.8, 4) is 0 Å². The first-order chi connectivity index (χ1) is 10.4. The Morgan fingerprint density at radius 1 is 1.27 bits per heavy atom. The fraction of sp³-hybridized carbons (Fsp3) is 0.438. The number of ether oxygens (including phenoxy) is 1. The molecule has 1 aromatic carbocycles. The van der Waals surface area contributed by atoms with Crippen molar-refractivity contribution in [3.63, 3.8) is 0 Å². The van der Waals surface area contributed by atoms with Gasteiger partial charge in [0.2, 0.25) is 11.5 Å². The van der Waals surface area contributed by atoms with Crippen LogP contribution in [0.3, 0.4) is 0 Å². The Morgan fingerprint density at radius 2 is 1.95 bits per heavy atom. The van der Waals surface area contributed by atoms with E-state index in [0.717, 1.165) is 5.56 Å². The topological polar surface area (TPSA) is 54.3 Å². The summed E-state index contributed by atoms with van der Waals surface area (Å²) in [5, 5.41) is 6.03. The monoisotopic (exact) mass is 365 g/mol. The minimum Gasteiger partial charge on any atom is -0.335 e. The van der Waals surface area contributed by atoms with E-state index in [1.54, 1.807) is 5.01 Å². The van der Waals surface area contributed by atoms with Crippen molar-refractivity contribution < 1.29 is 9.53 Å². The van der Waals surface area contributed by atoms with Gasteiger partial charge in [-0.1, -0.05) is 67.0 Å². The second kappa shape index (κ2) is 6.71. The van der Waals surface area contributed by atoms with Gasteiger partial charge >= 0.3 is 0 Å². The van der Waals surface area contributed by atoms with Crippen LogP contribution in [0.25, 0.3) is 0 Å². The normalized spacial score (nSPS) is 22.0. The fourth-order valence-electron chi connectivity index (χ4n) is 2.60. The summed E-state index contributed by atoms with van der Waals surface area (Å²) in [5.74, 6) is -0.215. The molecule has 2 rings (SSSR count). The minimum atomic E-state index is -1.22. The Morgan fingerprint density at radius 3 is 2.55 bits per heavy atom. The van der Waals surface area contributed by atoms with Crippen LogP contribution in [0.15, 0.2) is 40.4 Å². The number of ketones is 1. The van der Waals surface area contributed by atoms with E-state index in [2.05, 4.69) is 26.0 Å². The molecule has 1 aromatic rings. The Labute approximate surface area is 139 Å². The Hall–Kier alpha value is -1.53. The lowest BCUT2D eigenvalue weighted by Gasteiger charge is -2.47. The zero-order valence-corrected chi connectivity index (χ0v) is 14.6. The van der Waals surface area contributed by atoms with Crippen LogP contribution in [-0.2, 0) is 16.1 Å². The molecule has 0 fully saturated rings. The third-order valence-electron chi connectivity index (χ3n) is 3.60. The summed E-state index contributed by atoms with van der Waals surface area (Å²) in [4.78, 5) is 16.7. The summed E-state index contributed by atoms with van der Waals surface area (Å²) < 4.78 is 5.90. The molecule has 0 N–H and O–H groups in total. The van der Waals surface area contributed by atoms with Crippen LogP contribution >= 0.6 is 15.9 Å². The molecule has 0 bridgehead atoms. The molecule has 1 atom stereocenters. The molecule has 1 heterocycles. The molecule has 0 amide bonds. The SMILES string of the molecule is CC(C)(C)[C@]1(OCBr)C(=O)C=NC=NN1Cc1ccccc1. The van der Waals surface area contributed by atoms with Crippen molar-refractivity contribution in [1.82, 2.24) is 5.01 Å². The van der Waals surface area contributed by atoms with E-state index < -0.39 is 11.1 Å². The molecule has 0 radical (unpaired) electrons. The van der Waals surface area contributed by atoms with Gasteiger partial charge in [-0.15, -0.1) is 0 Å². The van der Waals surface area contributed by atoms with Crippen LogP contribution in [0.5, 0.6) is 0 Å². The summed E-state index contributed by atoms with van der Waals surface area (Å²) >= 11 is 3.28. The molecule has 22 heavy (non-hydrogen) atoms. The van der Waals surface area contributed by atoms with Crippen LogP contribution in [0.1, 0.15) is 26.3 Å². The van der Waals surface area contributed by atoms with Crippen LogP contribution < -0.4 is 0 Å². The molecule has 6 heteroatoms. The number of rotatable bonds is 4. The number of nitrogens with zero attached hydrogens (tertiary/aromatic N) is 3. The van der Waals surface area contributed by atoms with E-state index >= 15 is 0 Å². The van der Waals surface area contributed by atoms with Gasteiger partial charge in [0.25, 0.3) is 0 Å². The highest BCUT2D eigenvalue weighted by atomic mass is 79.9. The molecule has 1 aliphatic rings. The van der Waals surface area contributed by atoms with E-state index in [0.29, 0.717) is 6.54 Å². The van der Waals surface area contributed by atoms with Crippen molar-refractivity contribution in [2.45, 2.75) is 33.0 Å². The maximum atomic E-state index is 12.8. The van der Waals surface area contributed by atoms with Crippen molar-refractivity contribution in [3.05, 3.63) is 35.9 Å². The van der Waals surface area contributed by atoms with Gasteiger partial charge in [0.05, 0.1) is 12.8 Å². The molecule has 0 spiro atoms. The van der Waals surface area contributed by atoms with Gasteiger partial charge in [-0.3, -0.25) is 9.80 Å². The number of carbonyl (C=O) groups excluding carboxylic acids is 1. The lowest BCUT2D eigenvalue weighted by atomic mass is 9.79. The minimum absolute atomic E-state index is 0.215. The van der Waals surface area contributed by atoms with Gasteiger partial charge in [0.15, 0.2) is 0 Å². The first-order valence-electron chi connectivity index (χ1n) is 7.03. The van der Waals surface area contributed by atoms with Crippen molar-refractivity contribution >= 4 is 34.3 Å². The molecule has 0 unspecified atom stereocenters. The third kappa shape index (κ3) is 3.13. The largest absolute Gasteiger partial charge is 0.335 e. The fourth-order valence-corrected chi connectivity index (χ4v) is 2.93. The number of halogens is 1. The number of alkyl halides is 1. The number of hydrogen-bond donors (Lipinski definition) is 0. The van der Waals surface area contributed by atoms with Gasteiger partial charge in [0, 0.05) is 5.41 Å². The van der Waals surface area contributed by atoms with E-state index in [1.165, 1.54) is 12.6 Å². The van der Waals surface area contributed by atoms with E-state index in [-0.39, 0.29) is 11.3 Å². The second-order valence-corrected chi connectivity index (χ2v) is 6.52. The van der Waals surface area contributed by atoms with Crippen molar-refractivity contribution in [2.24, 2.45) is 15.5 Å². The smallest absolute Gasteiger partial charge is 0.228 e. The average molecular weight is 366 g/mol. The molecular weight excluding hydrogens is 346 g/mol. The second-order valence-electron chi connectivity index (χ2n) is 6.06. The van der Waals surface area contributed by atoms with Gasteiger partial charge in [-0.05, 0) is 5.56 Å². The number of carbonyl (C=O) groups is 1. The van der Waals surface area contributed by atoms with Crippen LogP contribution in [-0.4, -0.2) is 34.6 Å². The highest BCUT2D eigenvalue weighted by Crippen LogP contribution is 2.39. The molecule has 0 aliphatic carbocycles. The predicted molar refractivity (Wildman–Crippen MR) is 91.0 cm³/mol. The maximum absolute atomic E-state index is 12.8. The van der Waals surface area contributed by atoms with E-state index in [1.807, 2.05) is 51.1 Å². The van der Waals surface area contributed by atoms with Crippen LogP contribution in [0, 0.1) is 5.41 Å². The summed E-state index contributed by atoms with van der Waals surface area (Å²) in [6.45, 7) is 6.33. The summed E-state index contributed by atoms with van der Waals surface area (Å²) in [7, 11) is 0. The van der Waals surface area contributed by atoms with Gasteiger partial charge in [0.1, 0.15) is 11.9 Å². The molecule has 1 aliphatic heterocycles. The number of Topliss-reactive ketones (excluding diaryl/α,β-unsaturated/α-hetero) is 1. The Bertz CT molecular complexity index is 581. The van der Waals surface area contributed by atoms with Crippen molar-refractivity contribution in [2.75, 3.05) is 5.52 Å². The number of benzene rings is 1. The average Bonchev–Trinajstić information content (AvgIpc) is 2.62. The van der Waals surface area contributed by atoms with Crippen molar-refractivity contribution in [1.29, 1.82) is 0 Å². The standard InChI is InChI=1S/C16H20BrN3O2/c1-15(2,3)16(22-11-17)14(21)9-18-12-19-20(16)10-13-7-5-4-6-8-13/h4-9,12H,10-11H2,1-3H3/t16-/m1/s1. The Kier molecular flexibility index (Phi) is 5.13. The van der Waals surface area contributed by atoms with Gasteiger partial charge in [-0.2, -0.15) is 5.10 Å². The van der Waals surface area contributed by atoms with Gasteiger partial charge < -0.3 is 4.74 Å². The zero-order chi connectivity index (χ0) is 16.2. The quantitative estimate of drug-likeness (QED) is 0.769. The van der Waals surface area contributed by atoms with Crippen LogP contribution in [0.2, 0.25) is 0 Å². The lowest BCUT2D eigenvalue weighted by molar-refractivity contribution is -0.201. The van der Waals surface area contributed by atoms with E-state index in [4.69, 9.17) is 4.74 Å². The zero-order valence-electron chi connectivity index (χ0n) is 13.0. The van der Waals surface area contributed by atoms with E-state index in [9.17, 15) is 4.79 Å². The van der Waals surface area contributed by atoms with Gasteiger partial charge in [-0.25, -0.2) is 4.99 Å². The first-order valence-corrected chi connectivity index (χ1v) is 8.15. The highest BCUT2D eigenvalue weighted by Gasteiger charge is 2.54. The predicted octanol–water partition coefficient (Wildman–Crippen LogP) is 3.20. The lowest BCUT2D eigenvalue weighted by Crippen LogP contribution is -2.62. The number of hydrazone groups is 1. The molecule has 5 nitrogen and oxygen atoms in total. The number of hydrogen-bond acceptors (Lipinski definition) is 5. The first kappa shape index (κ1) is 16.8. The summed E-state index contributed by atoms with van der Waals surface area (Å²) in [5.41, 5.74) is -0.449. The molecule has 0 aromatic heterocycles. The molecule has 0 saturated carbocycles. The molecular formula is C16H20BrN3O2. The third-order valence-corrected chi connectivity index (χ3v) is 3.83. The summed E-state index contributed by atoms with van der Waals surface area (Å²) in [6, 6.07) is 9.86. The molecule has 0 saturated heterocycles. The Balaban J connectivity index is 2.48.